The molecule has 1 aromatic heterocycles. The molecule has 0 aliphatic rings. The van der Waals surface area contributed by atoms with E-state index in [-0.39, 0.29) is 21.8 Å². The Morgan fingerprint density at radius 3 is 2.52 bits per heavy atom. The molecule has 0 atom stereocenters. The summed E-state index contributed by atoms with van der Waals surface area (Å²) in [5, 5.41) is 0. The van der Waals surface area contributed by atoms with Gasteiger partial charge in [0.05, 0.1) is 15.9 Å². The number of fused-ring (bicyclic) bond motifs is 1. The summed E-state index contributed by atoms with van der Waals surface area (Å²) in [7, 11) is -4.00. The van der Waals surface area contributed by atoms with Gasteiger partial charge in [0.2, 0.25) is 0 Å². The van der Waals surface area contributed by atoms with Crippen molar-refractivity contribution in [2.45, 2.75) is 17.2 Å². The first kappa shape index (κ1) is 15.5. The lowest BCUT2D eigenvalue weighted by molar-refractivity contribution is 0.0722. The number of alkyl halides is 2. The molecule has 23 heavy (non-hydrogen) atoms. The number of imidazole rings is 1. The number of hydrogen-bond acceptors (Lipinski definition) is 3. The molecule has 0 fully saturated rings. The highest BCUT2D eigenvalue weighted by Crippen LogP contribution is 2.26. The maximum absolute atomic E-state index is 13.3. The quantitative estimate of drug-likeness (QED) is 0.730. The van der Waals surface area contributed by atoms with E-state index in [9.17, 15) is 21.6 Å². The summed E-state index contributed by atoms with van der Waals surface area (Å²) in [5.41, 5.74) is 0.421. The Morgan fingerprint density at radius 1 is 1.09 bits per heavy atom. The van der Waals surface area contributed by atoms with Crippen molar-refractivity contribution in [3.05, 3.63) is 60.2 Å². The predicted molar refractivity (Wildman–Crippen MR) is 78.3 cm³/mol. The average molecular weight is 340 g/mol. The maximum Gasteiger partial charge on any atom is 0.320 e. The van der Waals surface area contributed by atoms with Crippen LogP contribution in [0.1, 0.15) is 12.4 Å². The number of aromatic nitrogens is 2. The lowest BCUT2D eigenvalue weighted by Gasteiger charge is -2.08. The third kappa shape index (κ3) is 2.94. The van der Waals surface area contributed by atoms with Crippen molar-refractivity contribution < 1.29 is 21.6 Å². The Morgan fingerprint density at radius 2 is 1.83 bits per heavy atom. The van der Waals surface area contributed by atoms with Gasteiger partial charge >= 0.3 is 6.55 Å². The molecule has 8 heteroatoms. The first-order valence-corrected chi connectivity index (χ1v) is 8.26. The standard InChI is InChI=1S/C15H11F3N2O2S/c16-10-4-3-5-11(8-10)23(21,22)9-14-19-12-6-1-2-7-13(12)20(14)15(17)18/h1-8,15H,9H2. The van der Waals surface area contributed by atoms with Crippen molar-refractivity contribution in [1.29, 1.82) is 0 Å². The van der Waals surface area contributed by atoms with Gasteiger partial charge in [0.15, 0.2) is 9.84 Å². The number of sulfone groups is 1. The van der Waals surface area contributed by atoms with Gasteiger partial charge in [-0.2, -0.15) is 8.78 Å². The van der Waals surface area contributed by atoms with Crippen LogP contribution in [0, 0.1) is 5.82 Å². The number of hydrogen-bond donors (Lipinski definition) is 0. The fraction of sp³-hybridized carbons (Fsp3) is 0.133. The van der Waals surface area contributed by atoms with Gasteiger partial charge in [0.1, 0.15) is 17.4 Å². The molecule has 0 radical (unpaired) electrons. The van der Waals surface area contributed by atoms with Crippen LogP contribution in [0.3, 0.4) is 0 Å². The van der Waals surface area contributed by atoms with E-state index in [4.69, 9.17) is 0 Å². The van der Waals surface area contributed by atoms with Crippen LogP contribution in [0.25, 0.3) is 11.0 Å². The van der Waals surface area contributed by atoms with Crippen LogP contribution in [0.4, 0.5) is 13.2 Å². The first-order chi connectivity index (χ1) is 10.9. The van der Waals surface area contributed by atoms with Crippen molar-refractivity contribution in [2.24, 2.45) is 0 Å². The van der Waals surface area contributed by atoms with Gasteiger partial charge in [-0.3, -0.25) is 4.57 Å². The number of rotatable bonds is 4. The molecular formula is C15H11F3N2O2S. The van der Waals surface area contributed by atoms with Gasteiger partial charge in [0, 0.05) is 0 Å². The van der Waals surface area contributed by atoms with Gasteiger partial charge in [0.25, 0.3) is 0 Å². The summed E-state index contributed by atoms with van der Waals surface area (Å²) in [5.74, 6) is -1.74. The van der Waals surface area contributed by atoms with Crippen LogP contribution in [0.15, 0.2) is 53.4 Å². The highest BCUT2D eigenvalue weighted by molar-refractivity contribution is 7.90. The fourth-order valence-electron chi connectivity index (χ4n) is 2.33. The Labute approximate surface area is 130 Å². The Bertz CT molecular complexity index is 968. The van der Waals surface area contributed by atoms with E-state index < -0.39 is 28.0 Å². The average Bonchev–Trinajstić information content (AvgIpc) is 2.84. The smallest absolute Gasteiger partial charge is 0.269 e. The Kier molecular flexibility index (Phi) is 3.85. The molecule has 0 saturated carbocycles. The van der Waals surface area contributed by atoms with Crippen LogP contribution >= 0.6 is 0 Å². The lowest BCUT2D eigenvalue weighted by atomic mass is 10.3. The third-order valence-electron chi connectivity index (χ3n) is 3.34. The molecular weight excluding hydrogens is 329 g/mol. The van der Waals surface area contributed by atoms with Crippen molar-refractivity contribution in [1.82, 2.24) is 9.55 Å². The summed E-state index contributed by atoms with van der Waals surface area (Å²) >= 11 is 0. The maximum atomic E-state index is 13.3. The van der Waals surface area contributed by atoms with E-state index in [2.05, 4.69) is 4.98 Å². The van der Waals surface area contributed by atoms with Gasteiger partial charge in [-0.15, -0.1) is 0 Å². The minimum atomic E-state index is -4.00. The molecule has 0 N–H and O–H groups in total. The van der Waals surface area contributed by atoms with Crippen LogP contribution in [0.2, 0.25) is 0 Å². The number of benzene rings is 2. The van der Waals surface area contributed by atoms with Gasteiger partial charge in [-0.1, -0.05) is 18.2 Å². The van der Waals surface area contributed by atoms with E-state index in [1.54, 1.807) is 12.1 Å². The molecule has 3 rings (SSSR count). The second-order valence-corrected chi connectivity index (χ2v) is 6.87. The molecule has 0 saturated heterocycles. The normalized spacial score (nSPS) is 12.2. The SMILES string of the molecule is O=S(=O)(Cc1nc2ccccc2n1C(F)F)c1cccc(F)c1. The van der Waals surface area contributed by atoms with Crippen LogP contribution in [0.5, 0.6) is 0 Å². The van der Waals surface area contributed by atoms with E-state index >= 15 is 0 Å². The number of nitrogens with zero attached hydrogens (tertiary/aromatic N) is 2. The molecule has 0 bridgehead atoms. The summed E-state index contributed by atoms with van der Waals surface area (Å²) in [6.07, 6.45) is 0. The molecule has 0 unspecified atom stereocenters. The molecule has 0 aliphatic carbocycles. The fourth-order valence-corrected chi connectivity index (χ4v) is 3.62. The topological polar surface area (TPSA) is 52.0 Å². The monoisotopic (exact) mass is 340 g/mol. The van der Waals surface area contributed by atoms with Crippen molar-refractivity contribution in [2.75, 3.05) is 0 Å². The second-order valence-electron chi connectivity index (χ2n) is 4.88. The van der Waals surface area contributed by atoms with E-state index in [1.807, 2.05) is 0 Å². The molecule has 2 aromatic carbocycles. The van der Waals surface area contributed by atoms with Crippen molar-refractivity contribution in [3.8, 4) is 0 Å². The molecule has 0 amide bonds. The van der Waals surface area contributed by atoms with E-state index in [0.29, 0.717) is 4.57 Å². The second kappa shape index (κ2) is 5.69. The van der Waals surface area contributed by atoms with Crippen molar-refractivity contribution in [3.63, 3.8) is 0 Å². The van der Waals surface area contributed by atoms with Gasteiger partial charge < -0.3 is 0 Å². The minimum absolute atomic E-state index is 0.145. The summed E-state index contributed by atoms with van der Waals surface area (Å²) in [4.78, 5) is 3.70. The zero-order valence-electron chi connectivity index (χ0n) is 11.7. The first-order valence-electron chi connectivity index (χ1n) is 6.61. The van der Waals surface area contributed by atoms with Crippen LogP contribution in [-0.4, -0.2) is 18.0 Å². The van der Waals surface area contributed by atoms with E-state index in [1.165, 1.54) is 24.3 Å². The van der Waals surface area contributed by atoms with Gasteiger partial charge in [-0.25, -0.2) is 17.8 Å². The highest BCUT2D eigenvalue weighted by Gasteiger charge is 2.24. The van der Waals surface area contributed by atoms with E-state index in [0.717, 1.165) is 12.1 Å². The zero-order chi connectivity index (χ0) is 16.6. The molecule has 0 aliphatic heterocycles. The largest absolute Gasteiger partial charge is 0.320 e. The van der Waals surface area contributed by atoms with Crippen LogP contribution < -0.4 is 0 Å². The Hall–Kier alpha value is -2.35. The summed E-state index contributed by atoms with van der Waals surface area (Å²) in [6.45, 7) is -2.93. The molecule has 1 heterocycles. The summed E-state index contributed by atoms with van der Waals surface area (Å²) < 4.78 is 65.1. The molecule has 0 spiro atoms. The number of para-hydroxylation sites is 2. The summed E-state index contributed by atoms with van der Waals surface area (Å²) in [6, 6.07) is 10.6. The van der Waals surface area contributed by atoms with Crippen LogP contribution in [-0.2, 0) is 15.6 Å². The van der Waals surface area contributed by atoms with Crippen molar-refractivity contribution >= 4 is 20.9 Å². The zero-order valence-corrected chi connectivity index (χ0v) is 12.5. The molecule has 120 valence electrons. The molecule has 3 aromatic rings. The Balaban J connectivity index is 2.09. The molecule has 4 nitrogen and oxygen atoms in total. The highest BCUT2D eigenvalue weighted by atomic mass is 32.2. The van der Waals surface area contributed by atoms with Gasteiger partial charge in [-0.05, 0) is 30.3 Å². The lowest BCUT2D eigenvalue weighted by Crippen LogP contribution is -2.12. The minimum Gasteiger partial charge on any atom is -0.269 e. The third-order valence-corrected chi connectivity index (χ3v) is 4.95. The number of halogens is 3. The predicted octanol–water partition coefficient (Wildman–Crippen LogP) is 3.54.